The van der Waals surface area contributed by atoms with Gasteiger partial charge in [-0.05, 0) is 12.5 Å². The molecule has 0 amide bonds. The highest BCUT2D eigenvalue weighted by molar-refractivity contribution is 5.99. The molecule has 0 aliphatic carbocycles. The fraction of sp³-hybridized carbons (Fsp3) is 0.429. The zero-order valence-corrected chi connectivity index (χ0v) is 17.1. The Labute approximate surface area is 172 Å². The van der Waals surface area contributed by atoms with Crippen molar-refractivity contribution >= 4 is 35.1 Å². The smallest absolute Gasteiger partial charge is 0.303 e. The van der Waals surface area contributed by atoms with Gasteiger partial charge in [0.2, 0.25) is 0 Å². The van der Waals surface area contributed by atoms with E-state index in [2.05, 4.69) is 0 Å². The SMILES string of the molecule is CC(=O)O[C@@H]1[C@@H](OC(C)=O)[C@H](OC(C)=O)CO[C@H]1n1cc(C=O)c2cccc(C)c21. The maximum Gasteiger partial charge on any atom is 0.303 e. The zero-order chi connectivity index (χ0) is 22.0. The van der Waals surface area contributed by atoms with Gasteiger partial charge in [0.15, 0.2) is 30.8 Å². The number of rotatable bonds is 5. The van der Waals surface area contributed by atoms with Crippen molar-refractivity contribution in [1.82, 2.24) is 4.57 Å². The lowest BCUT2D eigenvalue weighted by molar-refractivity contribution is -0.239. The van der Waals surface area contributed by atoms with Crippen LogP contribution < -0.4 is 0 Å². The molecule has 1 fully saturated rings. The second-order valence-corrected chi connectivity index (χ2v) is 7.10. The number of esters is 3. The van der Waals surface area contributed by atoms with Crippen molar-refractivity contribution in [3.63, 3.8) is 0 Å². The molecular weight excluding hydrogens is 394 g/mol. The molecule has 4 atom stereocenters. The van der Waals surface area contributed by atoms with Crippen molar-refractivity contribution in [2.24, 2.45) is 0 Å². The summed E-state index contributed by atoms with van der Waals surface area (Å²) in [5.41, 5.74) is 2.02. The second kappa shape index (κ2) is 8.66. The number of aryl methyl sites for hydroxylation is 1. The van der Waals surface area contributed by atoms with E-state index in [1.165, 1.54) is 20.8 Å². The summed E-state index contributed by atoms with van der Waals surface area (Å²) in [5.74, 6) is -1.85. The van der Waals surface area contributed by atoms with E-state index >= 15 is 0 Å². The van der Waals surface area contributed by atoms with E-state index in [1.807, 2.05) is 19.1 Å². The fourth-order valence-corrected chi connectivity index (χ4v) is 3.77. The van der Waals surface area contributed by atoms with Crippen molar-refractivity contribution in [1.29, 1.82) is 0 Å². The molecular formula is C21H23NO8. The van der Waals surface area contributed by atoms with Crippen LogP contribution in [-0.2, 0) is 33.3 Å². The standard InChI is InChI=1S/C21H23NO8/c1-11-6-5-7-16-15(9-23)8-22(18(11)16)21-20(30-14(4)26)19(29-13(3)25)17(10-27-21)28-12(2)24/h5-9,17,19-21H,10H2,1-4H3/t17-,19+,20-,21-/m1/s1. The van der Waals surface area contributed by atoms with Crippen LogP contribution >= 0.6 is 0 Å². The Bertz CT molecular complexity index is 994. The van der Waals surface area contributed by atoms with E-state index in [0.29, 0.717) is 16.5 Å². The molecule has 2 aromatic rings. The topological polar surface area (TPSA) is 110 Å². The predicted octanol–water partition coefficient (Wildman–Crippen LogP) is 2.09. The van der Waals surface area contributed by atoms with Crippen molar-refractivity contribution in [3.05, 3.63) is 35.5 Å². The lowest BCUT2D eigenvalue weighted by Gasteiger charge is -2.41. The first kappa shape index (κ1) is 21.5. The van der Waals surface area contributed by atoms with Crippen molar-refractivity contribution in [3.8, 4) is 0 Å². The van der Waals surface area contributed by atoms with Gasteiger partial charge in [-0.15, -0.1) is 0 Å². The lowest BCUT2D eigenvalue weighted by atomic mass is 10.0. The second-order valence-electron chi connectivity index (χ2n) is 7.10. The van der Waals surface area contributed by atoms with Gasteiger partial charge in [-0.2, -0.15) is 0 Å². The van der Waals surface area contributed by atoms with Gasteiger partial charge in [0, 0.05) is 37.9 Å². The maximum atomic E-state index is 11.8. The molecule has 1 aromatic heterocycles. The Balaban J connectivity index is 2.12. The number of carbonyl (C=O) groups is 4. The number of ether oxygens (including phenoxy) is 4. The first-order valence-corrected chi connectivity index (χ1v) is 9.41. The molecule has 1 aliphatic rings. The Morgan fingerprint density at radius 1 is 1.03 bits per heavy atom. The average molecular weight is 417 g/mol. The number of aldehydes is 1. The molecule has 1 aliphatic heterocycles. The van der Waals surface area contributed by atoms with Gasteiger partial charge in [0.05, 0.1) is 12.1 Å². The average Bonchev–Trinajstić information content (AvgIpc) is 3.03. The van der Waals surface area contributed by atoms with Crippen LogP contribution in [0.3, 0.4) is 0 Å². The molecule has 1 aromatic carbocycles. The lowest BCUT2D eigenvalue weighted by Crippen LogP contribution is -2.55. The molecule has 30 heavy (non-hydrogen) atoms. The predicted molar refractivity (Wildman–Crippen MR) is 104 cm³/mol. The van der Waals surface area contributed by atoms with E-state index < -0.39 is 42.4 Å². The number of para-hydroxylation sites is 1. The summed E-state index contributed by atoms with van der Waals surface area (Å²) >= 11 is 0. The molecule has 1 saturated heterocycles. The van der Waals surface area contributed by atoms with Gasteiger partial charge in [0.1, 0.15) is 0 Å². The van der Waals surface area contributed by atoms with Crippen molar-refractivity contribution in [2.45, 2.75) is 52.2 Å². The van der Waals surface area contributed by atoms with Crippen LogP contribution in [-0.4, -0.2) is 53.7 Å². The van der Waals surface area contributed by atoms with Crippen LogP contribution in [0.2, 0.25) is 0 Å². The van der Waals surface area contributed by atoms with Crippen LogP contribution in [0.1, 0.15) is 42.9 Å². The van der Waals surface area contributed by atoms with Gasteiger partial charge >= 0.3 is 17.9 Å². The van der Waals surface area contributed by atoms with E-state index in [9.17, 15) is 19.2 Å². The first-order valence-electron chi connectivity index (χ1n) is 9.41. The highest BCUT2D eigenvalue weighted by Gasteiger charge is 2.48. The summed E-state index contributed by atoms with van der Waals surface area (Å²) in [6, 6.07) is 5.51. The minimum absolute atomic E-state index is 0.0953. The highest BCUT2D eigenvalue weighted by atomic mass is 16.6. The molecule has 160 valence electrons. The highest BCUT2D eigenvalue weighted by Crippen LogP contribution is 2.35. The van der Waals surface area contributed by atoms with E-state index in [4.69, 9.17) is 18.9 Å². The van der Waals surface area contributed by atoms with Gasteiger partial charge < -0.3 is 23.5 Å². The van der Waals surface area contributed by atoms with Crippen molar-refractivity contribution in [2.75, 3.05) is 6.61 Å². The summed E-state index contributed by atoms with van der Waals surface area (Å²) in [6.45, 7) is 5.42. The Hall–Kier alpha value is -3.20. The van der Waals surface area contributed by atoms with Gasteiger partial charge in [-0.25, -0.2) is 0 Å². The minimum atomic E-state index is -1.11. The van der Waals surface area contributed by atoms with Crippen molar-refractivity contribution < 1.29 is 38.1 Å². The summed E-state index contributed by atoms with van der Waals surface area (Å²) in [5, 5.41) is 0.710. The molecule has 3 rings (SSSR count). The van der Waals surface area contributed by atoms with E-state index in [1.54, 1.807) is 16.8 Å². The molecule has 2 heterocycles. The number of hydrogen-bond donors (Lipinski definition) is 0. The normalized spacial score (nSPS) is 23.6. The third kappa shape index (κ3) is 4.20. The molecule has 0 bridgehead atoms. The first-order chi connectivity index (χ1) is 14.2. The van der Waals surface area contributed by atoms with Crippen LogP contribution in [0.5, 0.6) is 0 Å². The Morgan fingerprint density at radius 3 is 2.27 bits per heavy atom. The van der Waals surface area contributed by atoms with E-state index in [0.717, 1.165) is 11.8 Å². The number of carbonyl (C=O) groups excluding carboxylic acids is 4. The summed E-state index contributed by atoms with van der Waals surface area (Å²) in [6.07, 6.45) is -1.74. The third-order valence-corrected chi connectivity index (χ3v) is 4.81. The molecule has 9 nitrogen and oxygen atoms in total. The number of benzene rings is 1. The minimum Gasteiger partial charge on any atom is -0.456 e. The molecule has 0 saturated carbocycles. The zero-order valence-electron chi connectivity index (χ0n) is 17.1. The number of hydrogen-bond acceptors (Lipinski definition) is 8. The Kier molecular flexibility index (Phi) is 6.21. The van der Waals surface area contributed by atoms with Gasteiger partial charge in [-0.3, -0.25) is 19.2 Å². The number of nitrogens with zero attached hydrogens (tertiary/aromatic N) is 1. The molecule has 9 heteroatoms. The Morgan fingerprint density at radius 2 is 1.67 bits per heavy atom. The largest absolute Gasteiger partial charge is 0.456 e. The quantitative estimate of drug-likeness (QED) is 0.413. The summed E-state index contributed by atoms with van der Waals surface area (Å²) in [4.78, 5) is 46.7. The van der Waals surface area contributed by atoms with Crippen LogP contribution in [0.25, 0.3) is 10.9 Å². The molecule has 0 radical (unpaired) electrons. The molecule has 0 spiro atoms. The fourth-order valence-electron chi connectivity index (χ4n) is 3.77. The van der Waals surface area contributed by atoms with Crippen LogP contribution in [0, 0.1) is 6.92 Å². The molecule has 0 N–H and O–H groups in total. The van der Waals surface area contributed by atoms with Gasteiger partial charge in [0.25, 0.3) is 0 Å². The monoisotopic (exact) mass is 417 g/mol. The maximum absolute atomic E-state index is 11.8. The van der Waals surface area contributed by atoms with E-state index in [-0.39, 0.29) is 6.61 Å². The number of fused-ring (bicyclic) bond motifs is 1. The van der Waals surface area contributed by atoms with Crippen LogP contribution in [0.15, 0.2) is 24.4 Å². The number of aromatic nitrogens is 1. The van der Waals surface area contributed by atoms with Crippen LogP contribution in [0.4, 0.5) is 0 Å². The summed E-state index contributed by atoms with van der Waals surface area (Å²) in [7, 11) is 0. The molecule has 0 unspecified atom stereocenters. The third-order valence-electron chi connectivity index (χ3n) is 4.81. The summed E-state index contributed by atoms with van der Waals surface area (Å²) < 4.78 is 23.7. The van der Waals surface area contributed by atoms with Gasteiger partial charge in [-0.1, -0.05) is 18.2 Å².